The summed E-state index contributed by atoms with van der Waals surface area (Å²) in [6, 6.07) is 4.98. The van der Waals surface area contributed by atoms with E-state index >= 15 is 0 Å². The number of carbonyl (C=O) groups is 1. The molecule has 0 radical (unpaired) electrons. The van der Waals surface area contributed by atoms with Gasteiger partial charge in [0.05, 0.1) is 7.11 Å². The summed E-state index contributed by atoms with van der Waals surface area (Å²) in [5.41, 5.74) is 0.615. The molecule has 0 aliphatic heterocycles. The van der Waals surface area contributed by atoms with Crippen LogP contribution in [-0.2, 0) is 14.0 Å². The maximum atomic E-state index is 12.1. The monoisotopic (exact) mass is 348 g/mol. The van der Waals surface area contributed by atoms with Gasteiger partial charge in [0.25, 0.3) is 0 Å². The summed E-state index contributed by atoms with van der Waals surface area (Å²) in [6.45, 7) is 10.5. The molecule has 0 bridgehead atoms. The highest BCUT2D eigenvalue weighted by Gasteiger charge is 2.41. The number of rotatable bonds is 4. The zero-order valence-electron chi connectivity index (χ0n) is 13.3. The Morgan fingerprint density at radius 3 is 2.00 bits per heavy atom. The molecule has 1 atom stereocenters. The predicted molar refractivity (Wildman–Crippen MR) is 89.5 cm³/mol. The van der Waals surface area contributed by atoms with Crippen LogP contribution in [0.5, 0.6) is 0 Å². The van der Waals surface area contributed by atoms with Crippen LogP contribution in [0, 0.1) is 0 Å². The summed E-state index contributed by atoms with van der Waals surface area (Å²) in [7, 11) is -0.808. The lowest BCUT2D eigenvalue weighted by atomic mass is 10.1. The van der Waals surface area contributed by atoms with E-state index in [4.69, 9.17) is 32.4 Å². The molecule has 6 heteroatoms. The highest BCUT2D eigenvalue weighted by atomic mass is 35.5. The van der Waals surface area contributed by atoms with Gasteiger partial charge in [0, 0.05) is 10.0 Å². The smallest absolute Gasteiger partial charge is 0.338 e. The third kappa shape index (κ3) is 4.71. The minimum Gasteiger partial charge on any atom is -0.467 e. The maximum Gasteiger partial charge on any atom is 0.338 e. The summed E-state index contributed by atoms with van der Waals surface area (Å²) >= 11 is 12.0. The first kappa shape index (κ1) is 18.5. The third-order valence-corrected chi connectivity index (χ3v) is 8.70. The van der Waals surface area contributed by atoms with Crippen molar-refractivity contribution < 1.29 is 14.0 Å². The fourth-order valence-electron chi connectivity index (χ4n) is 1.56. The van der Waals surface area contributed by atoms with E-state index in [1.807, 2.05) is 0 Å². The van der Waals surface area contributed by atoms with E-state index in [9.17, 15) is 4.79 Å². The van der Waals surface area contributed by atoms with Gasteiger partial charge >= 0.3 is 5.97 Å². The summed E-state index contributed by atoms with van der Waals surface area (Å²) in [4.78, 5) is 12.1. The second kappa shape index (κ2) is 6.69. The van der Waals surface area contributed by atoms with Crippen molar-refractivity contribution in [3.63, 3.8) is 0 Å². The van der Waals surface area contributed by atoms with Crippen LogP contribution in [0.2, 0.25) is 28.2 Å². The molecule has 0 heterocycles. The van der Waals surface area contributed by atoms with Gasteiger partial charge in [-0.3, -0.25) is 0 Å². The van der Waals surface area contributed by atoms with Crippen LogP contribution < -0.4 is 0 Å². The fourth-order valence-corrected chi connectivity index (χ4v) is 3.28. The van der Waals surface area contributed by atoms with Crippen LogP contribution in [0.1, 0.15) is 32.4 Å². The number of esters is 1. The SMILES string of the molecule is COC(=O)C(O[Si](C)(C)C(C)(C)C)c1cc(Cl)cc(Cl)c1. The Bertz CT molecular complexity index is 504. The molecule has 1 unspecified atom stereocenters. The standard InChI is InChI=1S/C15H22Cl2O3Si/c1-15(2,3)21(5,6)20-13(14(18)19-4)10-7-11(16)9-12(17)8-10/h7-9,13H,1-6H3. The Morgan fingerprint density at radius 2 is 1.62 bits per heavy atom. The van der Waals surface area contributed by atoms with E-state index in [0.717, 1.165) is 0 Å². The molecule has 0 amide bonds. The molecule has 1 rings (SSSR count). The molecule has 118 valence electrons. The molecule has 21 heavy (non-hydrogen) atoms. The third-order valence-electron chi connectivity index (χ3n) is 3.82. The predicted octanol–water partition coefficient (Wildman–Crippen LogP) is 5.23. The van der Waals surface area contributed by atoms with E-state index in [1.165, 1.54) is 7.11 Å². The van der Waals surface area contributed by atoms with Crippen LogP contribution >= 0.6 is 23.2 Å². The molecule has 0 fully saturated rings. The normalized spacial score (nSPS) is 13.9. The molecule has 1 aromatic rings. The minimum absolute atomic E-state index is 0.0261. The van der Waals surface area contributed by atoms with Gasteiger partial charge < -0.3 is 9.16 Å². The molecule has 3 nitrogen and oxygen atoms in total. The van der Waals surface area contributed by atoms with Gasteiger partial charge in [-0.15, -0.1) is 0 Å². The average Bonchev–Trinajstić information content (AvgIpc) is 2.32. The van der Waals surface area contributed by atoms with Gasteiger partial charge in [-0.25, -0.2) is 4.79 Å². The Kier molecular flexibility index (Phi) is 5.89. The largest absolute Gasteiger partial charge is 0.467 e. The number of hydrogen-bond donors (Lipinski definition) is 0. The molecule has 0 aliphatic carbocycles. The van der Waals surface area contributed by atoms with Crippen LogP contribution in [0.3, 0.4) is 0 Å². The van der Waals surface area contributed by atoms with Gasteiger partial charge in [-0.2, -0.15) is 0 Å². The molecule has 0 saturated carbocycles. The van der Waals surface area contributed by atoms with Crippen LogP contribution in [0.15, 0.2) is 18.2 Å². The molecule has 0 spiro atoms. The molecule has 1 aromatic carbocycles. The van der Waals surface area contributed by atoms with Crippen LogP contribution in [0.25, 0.3) is 0 Å². The summed E-state index contributed by atoms with van der Waals surface area (Å²) < 4.78 is 11.1. The first-order chi connectivity index (χ1) is 9.48. The van der Waals surface area contributed by atoms with E-state index in [1.54, 1.807) is 18.2 Å². The maximum absolute atomic E-state index is 12.1. The van der Waals surface area contributed by atoms with Crippen molar-refractivity contribution >= 4 is 37.5 Å². The van der Waals surface area contributed by atoms with Crippen molar-refractivity contribution in [2.24, 2.45) is 0 Å². The topological polar surface area (TPSA) is 35.5 Å². The number of hydrogen-bond acceptors (Lipinski definition) is 3. The number of methoxy groups -OCH3 is 1. The van der Waals surface area contributed by atoms with Crippen molar-refractivity contribution in [3.05, 3.63) is 33.8 Å². The Balaban J connectivity index is 3.22. The second-order valence-electron chi connectivity index (χ2n) is 6.48. The van der Waals surface area contributed by atoms with Gasteiger partial charge in [0.1, 0.15) is 0 Å². The average molecular weight is 349 g/mol. The first-order valence-electron chi connectivity index (χ1n) is 6.69. The number of carbonyl (C=O) groups excluding carboxylic acids is 1. The lowest BCUT2D eigenvalue weighted by Gasteiger charge is -2.38. The highest BCUT2D eigenvalue weighted by Crippen LogP contribution is 2.40. The summed E-state index contributed by atoms with van der Waals surface area (Å²) in [5.74, 6) is -0.446. The van der Waals surface area contributed by atoms with Crippen molar-refractivity contribution in [2.75, 3.05) is 7.11 Å². The fraction of sp³-hybridized carbons (Fsp3) is 0.533. The Hall–Kier alpha value is -0.553. The Morgan fingerprint density at radius 1 is 1.14 bits per heavy atom. The van der Waals surface area contributed by atoms with Crippen molar-refractivity contribution in [1.29, 1.82) is 0 Å². The zero-order valence-corrected chi connectivity index (χ0v) is 15.8. The highest BCUT2D eigenvalue weighted by molar-refractivity contribution is 6.74. The lowest BCUT2D eigenvalue weighted by Crippen LogP contribution is -2.43. The van der Waals surface area contributed by atoms with Crippen LogP contribution in [-0.4, -0.2) is 21.4 Å². The van der Waals surface area contributed by atoms with Gasteiger partial charge in [-0.1, -0.05) is 44.0 Å². The summed E-state index contributed by atoms with van der Waals surface area (Å²) in [5, 5.41) is 0.900. The number of halogens is 2. The van der Waals surface area contributed by atoms with E-state index in [0.29, 0.717) is 15.6 Å². The lowest BCUT2D eigenvalue weighted by molar-refractivity contribution is -0.149. The zero-order chi connectivity index (χ0) is 16.4. The summed E-state index contributed by atoms with van der Waals surface area (Å²) in [6.07, 6.45) is -0.813. The quantitative estimate of drug-likeness (QED) is 0.552. The molecule has 0 N–H and O–H groups in total. The first-order valence-corrected chi connectivity index (χ1v) is 10.4. The van der Waals surface area contributed by atoms with Gasteiger partial charge in [0.15, 0.2) is 14.4 Å². The van der Waals surface area contributed by atoms with Crippen molar-refractivity contribution in [3.8, 4) is 0 Å². The van der Waals surface area contributed by atoms with E-state index < -0.39 is 20.4 Å². The molecule has 0 aliphatic rings. The number of benzene rings is 1. The molecular formula is C15H22Cl2O3Si. The molecule has 0 saturated heterocycles. The van der Waals surface area contributed by atoms with Crippen molar-refractivity contribution in [2.45, 2.75) is 45.0 Å². The molecular weight excluding hydrogens is 327 g/mol. The Labute approximate surface area is 137 Å². The number of ether oxygens (including phenoxy) is 1. The van der Waals surface area contributed by atoms with E-state index in [-0.39, 0.29) is 5.04 Å². The second-order valence-corrected chi connectivity index (χ2v) is 12.1. The van der Waals surface area contributed by atoms with E-state index in [2.05, 4.69) is 33.9 Å². The van der Waals surface area contributed by atoms with Crippen molar-refractivity contribution in [1.82, 2.24) is 0 Å². The van der Waals surface area contributed by atoms with Crippen LogP contribution in [0.4, 0.5) is 0 Å². The molecule has 0 aromatic heterocycles. The minimum atomic E-state index is -2.15. The van der Waals surface area contributed by atoms with Gasteiger partial charge in [0.2, 0.25) is 0 Å². The van der Waals surface area contributed by atoms with Gasteiger partial charge in [-0.05, 0) is 41.9 Å².